The Hall–Kier alpha value is -2.05. The molecule has 0 aliphatic rings. The van der Waals surface area contributed by atoms with E-state index in [-0.39, 0.29) is 12.5 Å². The van der Waals surface area contributed by atoms with Crippen molar-refractivity contribution < 1.29 is 19.1 Å². The van der Waals surface area contributed by atoms with Crippen LogP contribution in [0.2, 0.25) is 10.0 Å². The van der Waals surface area contributed by atoms with Crippen LogP contribution in [-0.2, 0) is 19.1 Å². The molecular formula is C15H16Cl2N2O4. The minimum Gasteiger partial charge on any atom is -0.452 e. The molecule has 124 valence electrons. The second-order valence-corrected chi connectivity index (χ2v) is 5.37. The molecule has 0 radical (unpaired) electrons. The number of amides is 2. The second-order valence-electron chi connectivity index (χ2n) is 4.53. The standard InChI is InChI=1S/C15H16Cl2N2O4/c1-18-13(20)8-19(2)14(21)9-23-15(22)6-4-10-3-5-11(16)7-12(10)17/h3-7H,8-9H2,1-2H3,(H,18,20)/b6-4+. The van der Waals surface area contributed by atoms with E-state index in [0.29, 0.717) is 15.6 Å². The molecule has 2 amide bonds. The Balaban J connectivity index is 2.49. The largest absolute Gasteiger partial charge is 0.452 e. The number of hydrogen-bond acceptors (Lipinski definition) is 4. The Kier molecular flexibility index (Phi) is 7.57. The predicted octanol–water partition coefficient (Wildman–Crippen LogP) is 1.75. The Morgan fingerprint density at radius 3 is 2.61 bits per heavy atom. The summed E-state index contributed by atoms with van der Waals surface area (Å²) in [6.45, 7) is -0.561. The number of carbonyl (C=O) groups is 3. The van der Waals surface area contributed by atoms with Gasteiger partial charge in [0, 0.05) is 30.2 Å². The molecule has 0 bridgehead atoms. The highest BCUT2D eigenvalue weighted by Gasteiger charge is 2.13. The van der Waals surface area contributed by atoms with E-state index in [9.17, 15) is 14.4 Å². The Morgan fingerprint density at radius 1 is 1.30 bits per heavy atom. The SMILES string of the molecule is CNC(=O)CN(C)C(=O)COC(=O)/C=C/c1ccc(Cl)cc1Cl. The van der Waals surface area contributed by atoms with Crippen molar-refractivity contribution in [2.45, 2.75) is 0 Å². The summed E-state index contributed by atoms with van der Waals surface area (Å²) < 4.78 is 4.81. The summed E-state index contributed by atoms with van der Waals surface area (Å²) in [5, 5.41) is 3.27. The molecule has 8 heteroatoms. The van der Waals surface area contributed by atoms with Crippen LogP contribution < -0.4 is 5.32 Å². The molecular weight excluding hydrogens is 343 g/mol. The molecule has 0 aromatic heterocycles. The van der Waals surface area contributed by atoms with Crippen LogP contribution in [0.1, 0.15) is 5.56 Å². The molecule has 6 nitrogen and oxygen atoms in total. The van der Waals surface area contributed by atoms with Gasteiger partial charge < -0.3 is 15.0 Å². The monoisotopic (exact) mass is 358 g/mol. The Bertz CT molecular complexity index is 632. The summed E-state index contributed by atoms with van der Waals surface area (Å²) >= 11 is 11.7. The summed E-state index contributed by atoms with van der Waals surface area (Å²) in [4.78, 5) is 35.5. The average molecular weight is 359 g/mol. The highest BCUT2D eigenvalue weighted by Crippen LogP contribution is 2.21. The number of halogens is 2. The number of nitrogens with zero attached hydrogens (tertiary/aromatic N) is 1. The van der Waals surface area contributed by atoms with Gasteiger partial charge in [-0.05, 0) is 23.8 Å². The first kappa shape index (κ1) is 19.0. The van der Waals surface area contributed by atoms with Crippen molar-refractivity contribution in [3.8, 4) is 0 Å². The zero-order valence-corrected chi connectivity index (χ0v) is 14.1. The molecule has 0 fully saturated rings. The number of ether oxygens (including phenoxy) is 1. The van der Waals surface area contributed by atoms with Gasteiger partial charge in [0.05, 0.1) is 6.54 Å². The van der Waals surface area contributed by atoms with Crippen LogP contribution in [0.3, 0.4) is 0 Å². The van der Waals surface area contributed by atoms with E-state index in [1.807, 2.05) is 0 Å². The molecule has 0 saturated carbocycles. The summed E-state index contributed by atoms with van der Waals surface area (Å²) in [6.07, 6.45) is 2.61. The van der Waals surface area contributed by atoms with E-state index in [0.717, 1.165) is 11.0 Å². The van der Waals surface area contributed by atoms with Gasteiger partial charge in [-0.3, -0.25) is 9.59 Å². The van der Waals surface area contributed by atoms with Crippen LogP contribution in [0.4, 0.5) is 0 Å². The summed E-state index contributed by atoms with van der Waals surface area (Å²) in [6, 6.07) is 4.83. The van der Waals surface area contributed by atoms with Crippen molar-refractivity contribution in [3.63, 3.8) is 0 Å². The van der Waals surface area contributed by atoms with Crippen LogP contribution in [-0.4, -0.2) is 49.9 Å². The predicted molar refractivity (Wildman–Crippen MR) is 88.2 cm³/mol. The number of rotatable bonds is 6. The molecule has 0 atom stereocenters. The lowest BCUT2D eigenvalue weighted by molar-refractivity contribution is -0.148. The van der Waals surface area contributed by atoms with E-state index in [4.69, 9.17) is 27.9 Å². The molecule has 0 aliphatic heterocycles. The first-order valence-electron chi connectivity index (χ1n) is 6.58. The van der Waals surface area contributed by atoms with Gasteiger partial charge in [-0.25, -0.2) is 4.79 Å². The van der Waals surface area contributed by atoms with Crippen molar-refractivity contribution in [1.29, 1.82) is 0 Å². The van der Waals surface area contributed by atoms with Gasteiger partial charge in [0.1, 0.15) is 0 Å². The molecule has 1 rings (SSSR count). The minimum absolute atomic E-state index is 0.108. The molecule has 0 heterocycles. The smallest absolute Gasteiger partial charge is 0.331 e. The first-order valence-corrected chi connectivity index (χ1v) is 7.33. The highest BCUT2D eigenvalue weighted by atomic mass is 35.5. The summed E-state index contributed by atoms with van der Waals surface area (Å²) in [5.41, 5.74) is 0.594. The Labute approximate surface area is 144 Å². The normalized spacial score (nSPS) is 10.4. The fourth-order valence-corrected chi connectivity index (χ4v) is 1.94. The number of benzene rings is 1. The lowest BCUT2D eigenvalue weighted by Gasteiger charge is -2.15. The van der Waals surface area contributed by atoms with Crippen LogP contribution in [0, 0.1) is 0 Å². The fourth-order valence-electron chi connectivity index (χ4n) is 1.47. The quantitative estimate of drug-likeness (QED) is 0.620. The fraction of sp³-hybridized carbons (Fsp3) is 0.267. The number of esters is 1. The van der Waals surface area contributed by atoms with E-state index in [2.05, 4.69) is 5.32 Å². The number of likely N-dealkylation sites (N-methyl/N-ethyl adjacent to an activating group) is 2. The third-order valence-corrected chi connectivity index (χ3v) is 3.35. The maximum Gasteiger partial charge on any atom is 0.331 e. The maximum absolute atomic E-state index is 11.7. The molecule has 0 aliphatic carbocycles. The zero-order chi connectivity index (χ0) is 17.4. The molecule has 0 unspecified atom stereocenters. The average Bonchev–Trinajstić information content (AvgIpc) is 2.51. The van der Waals surface area contributed by atoms with Crippen molar-refractivity contribution in [2.24, 2.45) is 0 Å². The van der Waals surface area contributed by atoms with E-state index < -0.39 is 18.5 Å². The lowest BCUT2D eigenvalue weighted by atomic mass is 10.2. The third-order valence-electron chi connectivity index (χ3n) is 2.78. The van der Waals surface area contributed by atoms with Crippen LogP contribution in [0.15, 0.2) is 24.3 Å². The first-order chi connectivity index (χ1) is 10.8. The summed E-state index contributed by atoms with van der Waals surface area (Å²) in [5.74, 6) is -1.50. The summed E-state index contributed by atoms with van der Waals surface area (Å²) in [7, 11) is 2.90. The minimum atomic E-state index is -0.697. The number of nitrogens with one attached hydrogen (secondary N) is 1. The number of hydrogen-bond donors (Lipinski definition) is 1. The van der Waals surface area contributed by atoms with Gasteiger partial charge >= 0.3 is 5.97 Å². The molecule has 1 aromatic rings. The Morgan fingerprint density at radius 2 is 2.00 bits per heavy atom. The van der Waals surface area contributed by atoms with Gasteiger partial charge in [-0.1, -0.05) is 29.3 Å². The van der Waals surface area contributed by atoms with Crippen LogP contribution >= 0.6 is 23.2 Å². The zero-order valence-electron chi connectivity index (χ0n) is 12.6. The molecule has 1 N–H and O–H groups in total. The van der Waals surface area contributed by atoms with Crippen molar-refractivity contribution >= 4 is 47.1 Å². The molecule has 0 spiro atoms. The molecule has 0 saturated heterocycles. The van der Waals surface area contributed by atoms with Gasteiger partial charge in [0.2, 0.25) is 5.91 Å². The number of carbonyl (C=O) groups excluding carboxylic acids is 3. The maximum atomic E-state index is 11.7. The second kappa shape index (κ2) is 9.17. The lowest BCUT2D eigenvalue weighted by Crippen LogP contribution is -2.38. The van der Waals surface area contributed by atoms with E-state index >= 15 is 0 Å². The van der Waals surface area contributed by atoms with Gasteiger partial charge in [-0.2, -0.15) is 0 Å². The third kappa shape index (κ3) is 6.71. The van der Waals surface area contributed by atoms with Crippen LogP contribution in [0.25, 0.3) is 6.08 Å². The van der Waals surface area contributed by atoms with Gasteiger partial charge in [0.15, 0.2) is 6.61 Å². The molecule has 1 aromatic carbocycles. The van der Waals surface area contributed by atoms with E-state index in [1.165, 1.54) is 20.2 Å². The van der Waals surface area contributed by atoms with Gasteiger partial charge in [0.25, 0.3) is 5.91 Å². The van der Waals surface area contributed by atoms with Gasteiger partial charge in [-0.15, -0.1) is 0 Å². The van der Waals surface area contributed by atoms with Crippen molar-refractivity contribution in [1.82, 2.24) is 10.2 Å². The topological polar surface area (TPSA) is 75.7 Å². The van der Waals surface area contributed by atoms with Crippen molar-refractivity contribution in [2.75, 3.05) is 27.2 Å². The molecule has 23 heavy (non-hydrogen) atoms. The van der Waals surface area contributed by atoms with E-state index in [1.54, 1.807) is 18.2 Å². The van der Waals surface area contributed by atoms with Crippen molar-refractivity contribution in [3.05, 3.63) is 39.9 Å². The highest BCUT2D eigenvalue weighted by molar-refractivity contribution is 6.35. The van der Waals surface area contributed by atoms with Crippen LogP contribution in [0.5, 0.6) is 0 Å².